The van der Waals surface area contributed by atoms with Gasteiger partial charge in [0.25, 0.3) is 0 Å². The molecule has 0 radical (unpaired) electrons. The zero-order valence-corrected chi connectivity index (χ0v) is 12.6. The number of rotatable bonds is 4. The lowest BCUT2D eigenvalue weighted by atomic mass is 10.2. The Morgan fingerprint density at radius 2 is 1.75 bits per heavy atom. The summed E-state index contributed by atoms with van der Waals surface area (Å²) in [5.41, 5.74) is 7.47. The summed E-state index contributed by atoms with van der Waals surface area (Å²) < 4.78 is 11.5. The van der Waals surface area contributed by atoms with Crippen molar-refractivity contribution in [1.29, 1.82) is 0 Å². The molecule has 3 nitrogen and oxygen atoms in total. The van der Waals surface area contributed by atoms with Crippen LogP contribution in [-0.2, 0) is 0 Å². The van der Waals surface area contributed by atoms with Crippen molar-refractivity contribution < 1.29 is 9.47 Å². The SMILES string of the molecule is Cc1ccc(Cl)cc1Oc1cc(N)cc(OC(C)C)c1. The van der Waals surface area contributed by atoms with Crippen LogP contribution >= 0.6 is 11.6 Å². The molecule has 0 amide bonds. The summed E-state index contributed by atoms with van der Waals surface area (Å²) >= 11 is 5.99. The van der Waals surface area contributed by atoms with Crippen LogP contribution in [0.1, 0.15) is 19.4 Å². The number of ether oxygens (including phenoxy) is 2. The molecule has 2 aromatic rings. The maximum Gasteiger partial charge on any atom is 0.133 e. The summed E-state index contributed by atoms with van der Waals surface area (Å²) in [6, 6.07) is 10.9. The van der Waals surface area contributed by atoms with E-state index in [0.29, 0.717) is 28.0 Å². The van der Waals surface area contributed by atoms with E-state index in [1.807, 2.05) is 39.0 Å². The highest BCUT2D eigenvalue weighted by Gasteiger charge is 2.06. The highest BCUT2D eigenvalue weighted by molar-refractivity contribution is 6.30. The second-order valence-corrected chi connectivity index (χ2v) is 5.35. The molecule has 0 aliphatic carbocycles. The van der Waals surface area contributed by atoms with Gasteiger partial charge in [0.2, 0.25) is 0 Å². The fourth-order valence-electron chi connectivity index (χ4n) is 1.80. The monoisotopic (exact) mass is 291 g/mol. The second kappa shape index (κ2) is 6.06. The molecule has 0 fully saturated rings. The van der Waals surface area contributed by atoms with E-state index < -0.39 is 0 Å². The first-order chi connectivity index (χ1) is 9.44. The Morgan fingerprint density at radius 3 is 2.45 bits per heavy atom. The standard InChI is InChI=1S/C16H18ClNO2/c1-10(2)19-14-7-13(18)8-15(9-14)20-16-6-12(17)5-4-11(16)3/h4-10H,18H2,1-3H3. The van der Waals surface area contributed by atoms with Crippen molar-refractivity contribution in [2.45, 2.75) is 26.9 Å². The van der Waals surface area contributed by atoms with Crippen molar-refractivity contribution in [3.05, 3.63) is 47.0 Å². The average molecular weight is 292 g/mol. The Morgan fingerprint density at radius 1 is 1.05 bits per heavy atom. The zero-order valence-electron chi connectivity index (χ0n) is 11.8. The Balaban J connectivity index is 2.28. The predicted octanol–water partition coefficient (Wildman–Crippen LogP) is 4.81. The first-order valence-electron chi connectivity index (χ1n) is 6.45. The van der Waals surface area contributed by atoms with E-state index in [-0.39, 0.29) is 6.10 Å². The fourth-order valence-corrected chi connectivity index (χ4v) is 1.97. The molecule has 0 saturated carbocycles. The van der Waals surface area contributed by atoms with Gasteiger partial charge in [-0.15, -0.1) is 0 Å². The van der Waals surface area contributed by atoms with E-state index in [4.69, 9.17) is 26.8 Å². The topological polar surface area (TPSA) is 44.5 Å². The molecule has 0 saturated heterocycles. The number of nitrogen functional groups attached to an aromatic ring is 1. The highest BCUT2D eigenvalue weighted by atomic mass is 35.5. The third-order valence-corrected chi connectivity index (χ3v) is 2.89. The van der Waals surface area contributed by atoms with E-state index in [0.717, 1.165) is 5.56 Å². The van der Waals surface area contributed by atoms with Gasteiger partial charge >= 0.3 is 0 Å². The molecule has 0 aliphatic rings. The molecular weight excluding hydrogens is 274 g/mol. The van der Waals surface area contributed by atoms with Crippen LogP contribution in [0.4, 0.5) is 5.69 Å². The quantitative estimate of drug-likeness (QED) is 0.822. The van der Waals surface area contributed by atoms with Gasteiger partial charge in [-0.2, -0.15) is 0 Å². The first-order valence-corrected chi connectivity index (χ1v) is 6.83. The van der Waals surface area contributed by atoms with Crippen LogP contribution in [0, 0.1) is 6.92 Å². The number of aryl methyl sites for hydroxylation is 1. The molecule has 0 aliphatic heterocycles. The highest BCUT2D eigenvalue weighted by Crippen LogP contribution is 2.32. The summed E-state index contributed by atoms with van der Waals surface area (Å²) in [6.07, 6.45) is 0.0811. The number of hydrogen-bond acceptors (Lipinski definition) is 3. The summed E-state index contributed by atoms with van der Waals surface area (Å²) in [6.45, 7) is 5.89. The van der Waals surface area contributed by atoms with E-state index in [9.17, 15) is 0 Å². The van der Waals surface area contributed by atoms with Crippen LogP contribution in [0.2, 0.25) is 5.02 Å². The predicted molar refractivity (Wildman–Crippen MR) is 82.9 cm³/mol. The van der Waals surface area contributed by atoms with Gasteiger partial charge in [-0.25, -0.2) is 0 Å². The van der Waals surface area contributed by atoms with Crippen LogP contribution in [0.15, 0.2) is 36.4 Å². The molecule has 0 spiro atoms. The van der Waals surface area contributed by atoms with Crippen LogP contribution in [0.25, 0.3) is 0 Å². The van der Waals surface area contributed by atoms with Gasteiger partial charge in [0.15, 0.2) is 0 Å². The molecular formula is C16H18ClNO2. The van der Waals surface area contributed by atoms with Crippen molar-refractivity contribution >= 4 is 17.3 Å². The van der Waals surface area contributed by atoms with Crippen molar-refractivity contribution in [3.63, 3.8) is 0 Å². The molecule has 2 rings (SSSR count). The minimum Gasteiger partial charge on any atom is -0.491 e. The number of benzene rings is 2. The van der Waals surface area contributed by atoms with Crippen LogP contribution in [0.3, 0.4) is 0 Å². The summed E-state index contributed by atoms with van der Waals surface area (Å²) in [4.78, 5) is 0. The number of hydrogen-bond donors (Lipinski definition) is 1. The Bertz CT molecular complexity index is 611. The third-order valence-electron chi connectivity index (χ3n) is 2.65. The number of anilines is 1. The minimum atomic E-state index is 0.0811. The van der Waals surface area contributed by atoms with Crippen LogP contribution in [-0.4, -0.2) is 6.10 Å². The number of nitrogens with two attached hydrogens (primary N) is 1. The Hall–Kier alpha value is -1.87. The largest absolute Gasteiger partial charge is 0.491 e. The molecule has 4 heteroatoms. The smallest absolute Gasteiger partial charge is 0.133 e. The molecule has 0 atom stereocenters. The van der Waals surface area contributed by atoms with Gasteiger partial charge in [-0.3, -0.25) is 0 Å². The molecule has 106 valence electrons. The summed E-state index contributed by atoms with van der Waals surface area (Å²) in [7, 11) is 0. The molecule has 0 aromatic heterocycles. The zero-order chi connectivity index (χ0) is 14.7. The van der Waals surface area contributed by atoms with E-state index in [1.54, 1.807) is 18.2 Å². The number of halogens is 1. The molecule has 2 aromatic carbocycles. The van der Waals surface area contributed by atoms with Crippen molar-refractivity contribution in [2.75, 3.05) is 5.73 Å². The third kappa shape index (κ3) is 3.81. The van der Waals surface area contributed by atoms with E-state index in [2.05, 4.69) is 0 Å². The molecule has 0 unspecified atom stereocenters. The van der Waals surface area contributed by atoms with Gasteiger partial charge in [-0.1, -0.05) is 17.7 Å². The molecule has 0 heterocycles. The molecule has 20 heavy (non-hydrogen) atoms. The van der Waals surface area contributed by atoms with Gasteiger partial charge in [-0.05, 0) is 38.5 Å². The maximum absolute atomic E-state index is 5.99. The lowest BCUT2D eigenvalue weighted by molar-refractivity contribution is 0.242. The Kier molecular flexibility index (Phi) is 4.40. The van der Waals surface area contributed by atoms with Gasteiger partial charge in [0.1, 0.15) is 17.2 Å². The summed E-state index contributed by atoms with van der Waals surface area (Å²) in [5, 5.41) is 0.633. The van der Waals surface area contributed by atoms with Crippen LogP contribution < -0.4 is 15.2 Å². The minimum absolute atomic E-state index is 0.0811. The molecule has 2 N–H and O–H groups in total. The van der Waals surface area contributed by atoms with Crippen molar-refractivity contribution in [3.8, 4) is 17.2 Å². The van der Waals surface area contributed by atoms with Crippen molar-refractivity contribution in [2.24, 2.45) is 0 Å². The van der Waals surface area contributed by atoms with Gasteiger partial charge in [0, 0.05) is 28.9 Å². The fraction of sp³-hybridized carbons (Fsp3) is 0.250. The van der Waals surface area contributed by atoms with Gasteiger partial charge < -0.3 is 15.2 Å². The molecule has 0 bridgehead atoms. The second-order valence-electron chi connectivity index (χ2n) is 4.92. The van der Waals surface area contributed by atoms with E-state index >= 15 is 0 Å². The van der Waals surface area contributed by atoms with Crippen LogP contribution in [0.5, 0.6) is 17.2 Å². The lowest BCUT2D eigenvalue weighted by Gasteiger charge is -2.14. The van der Waals surface area contributed by atoms with E-state index in [1.165, 1.54) is 0 Å². The van der Waals surface area contributed by atoms with Crippen molar-refractivity contribution in [1.82, 2.24) is 0 Å². The maximum atomic E-state index is 5.99. The Labute approximate surface area is 124 Å². The normalized spacial score (nSPS) is 10.7. The summed E-state index contributed by atoms with van der Waals surface area (Å²) in [5.74, 6) is 2.03. The van der Waals surface area contributed by atoms with Gasteiger partial charge in [0.05, 0.1) is 6.10 Å². The first kappa shape index (κ1) is 14.5. The lowest BCUT2D eigenvalue weighted by Crippen LogP contribution is -2.06. The average Bonchev–Trinajstić information content (AvgIpc) is 2.32.